The lowest BCUT2D eigenvalue weighted by Gasteiger charge is -2.07. The Kier molecular flexibility index (Phi) is 3.19. The van der Waals surface area contributed by atoms with Crippen LogP contribution in [0.15, 0.2) is 11.1 Å². The van der Waals surface area contributed by atoms with Crippen molar-refractivity contribution < 1.29 is 4.79 Å². The van der Waals surface area contributed by atoms with Crippen LogP contribution in [-0.4, -0.2) is 17.9 Å². The maximum absolute atomic E-state index is 11.9. The van der Waals surface area contributed by atoms with Crippen molar-refractivity contribution in [2.45, 2.75) is 39.8 Å². The Bertz CT molecular complexity index is 476. The van der Waals surface area contributed by atoms with Crippen molar-refractivity contribution in [1.29, 1.82) is 0 Å². The van der Waals surface area contributed by atoms with Crippen molar-refractivity contribution >= 4 is 23.2 Å². The average molecular weight is 251 g/mol. The van der Waals surface area contributed by atoms with Crippen LogP contribution in [0.4, 0.5) is 0 Å². The van der Waals surface area contributed by atoms with Crippen molar-refractivity contribution in [2.24, 2.45) is 4.99 Å². The zero-order valence-corrected chi connectivity index (χ0v) is 11.3. The van der Waals surface area contributed by atoms with Gasteiger partial charge in [-0.25, -0.2) is 4.99 Å². The molecule has 0 spiro atoms. The summed E-state index contributed by atoms with van der Waals surface area (Å²) in [5, 5.41) is 5.89. The predicted octanol–water partition coefficient (Wildman–Crippen LogP) is 1.89. The predicted molar refractivity (Wildman–Crippen MR) is 70.4 cm³/mol. The van der Waals surface area contributed by atoms with Gasteiger partial charge in [0, 0.05) is 15.8 Å². The number of carbonyl (C=O) groups is 1. The molecule has 5 heteroatoms. The van der Waals surface area contributed by atoms with Gasteiger partial charge in [-0.1, -0.05) is 0 Å². The van der Waals surface area contributed by atoms with Crippen LogP contribution in [0.25, 0.3) is 0 Å². The van der Waals surface area contributed by atoms with E-state index in [9.17, 15) is 4.79 Å². The van der Waals surface area contributed by atoms with Crippen LogP contribution in [0.1, 0.15) is 35.2 Å². The molecule has 2 heterocycles. The van der Waals surface area contributed by atoms with Crippen LogP contribution in [0.3, 0.4) is 0 Å². The first-order valence-corrected chi connectivity index (χ1v) is 6.51. The minimum atomic E-state index is -0.388. The summed E-state index contributed by atoms with van der Waals surface area (Å²) in [4.78, 5) is 18.6. The maximum atomic E-state index is 11.9. The van der Waals surface area contributed by atoms with Gasteiger partial charge in [0.1, 0.15) is 0 Å². The topological polar surface area (TPSA) is 53.5 Å². The summed E-state index contributed by atoms with van der Waals surface area (Å²) in [6, 6.07) is 1.92. The maximum Gasteiger partial charge on any atom is 0.256 e. The Morgan fingerprint density at radius 1 is 1.47 bits per heavy atom. The molecule has 0 aromatic carbocycles. The van der Waals surface area contributed by atoms with E-state index in [0.717, 1.165) is 10.4 Å². The fraction of sp³-hybridized carbons (Fsp3) is 0.500. The highest BCUT2D eigenvalue weighted by Crippen LogP contribution is 2.30. The van der Waals surface area contributed by atoms with Crippen molar-refractivity contribution in [3.05, 3.63) is 21.4 Å². The van der Waals surface area contributed by atoms with Gasteiger partial charge in [-0.3, -0.25) is 10.1 Å². The number of thiophene rings is 1. The van der Waals surface area contributed by atoms with Crippen molar-refractivity contribution in [3.8, 4) is 0 Å². The lowest BCUT2D eigenvalue weighted by Crippen LogP contribution is -2.40. The third kappa shape index (κ3) is 2.49. The summed E-state index contributed by atoms with van der Waals surface area (Å²) < 4.78 is 0. The molecule has 1 aliphatic rings. The minimum absolute atomic E-state index is 0.0472. The van der Waals surface area contributed by atoms with E-state index in [4.69, 9.17) is 0 Å². The van der Waals surface area contributed by atoms with Gasteiger partial charge in [0.2, 0.25) is 0 Å². The molecular weight excluding hydrogens is 234 g/mol. The number of amides is 1. The molecule has 0 bridgehead atoms. The first-order chi connectivity index (χ1) is 7.97. The van der Waals surface area contributed by atoms with Crippen molar-refractivity contribution in [1.82, 2.24) is 10.6 Å². The summed E-state index contributed by atoms with van der Waals surface area (Å²) in [5.41, 5.74) is 1.02. The van der Waals surface area contributed by atoms with Crippen LogP contribution >= 0.6 is 11.3 Å². The molecule has 0 fully saturated rings. The second kappa shape index (κ2) is 4.49. The molecule has 0 radical (unpaired) electrons. The van der Waals surface area contributed by atoms with Crippen LogP contribution in [0, 0.1) is 13.8 Å². The van der Waals surface area contributed by atoms with Crippen LogP contribution in [0.2, 0.25) is 0 Å². The number of rotatable bonds is 2. The number of nitrogens with one attached hydrogen (secondary N) is 2. The third-order valence-corrected chi connectivity index (χ3v) is 3.53. The number of carbonyl (C=O) groups excluding carboxylic acids is 1. The van der Waals surface area contributed by atoms with Crippen molar-refractivity contribution in [3.63, 3.8) is 0 Å². The molecule has 2 rings (SSSR count). The van der Waals surface area contributed by atoms with Gasteiger partial charge in [-0.2, -0.15) is 0 Å². The van der Waals surface area contributed by atoms with E-state index in [-0.39, 0.29) is 18.0 Å². The lowest BCUT2D eigenvalue weighted by atomic mass is 10.1. The van der Waals surface area contributed by atoms with E-state index in [2.05, 4.69) is 15.6 Å². The highest BCUT2D eigenvalue weighted by molar-refractivity contribution is 7.12. The van der Waals surface area contributed by atoms with E-state index in [1.54, 1.807) is 11.3 Å². The largest absolute Gasteiger partial charge is 0.354 e. The van der Waals surface area contributed by atoms with Gasteiger partial charge in [0.15, 0.2) is 12.0 Å². The van der Waals surface area contributed by atoms with Crippen LogP contribution in [0.5, 0.6) is 0 Å². The molecule has 17 heavy (non-hydrogen) atoms. The van der Waals surface area contributed by atoms with Crippen LogP contribution < -0.4 is 10.6 Å². The average Bonchev–Trinajstić information content (AvgIpc) is 2.69. The molecule has 1 atom stereocenters. The number of aliphatic imine (C=N–C) groups is 1. The first kappa shape index (κ1) is 12.1. The first-order valence-electron chi connectivity index (χ1n) is 5.69. The minimum Gasteiger partial charge on any atom is -0.354 e. The Balaban J connectivity index is 2.24. The summed E-state index contributed by atoms with van der Waals surface area (Å²) in [5.74, 6) is 0.535. The summed E-state index contributed by atoms with van der Waals surface area (Å²) in [7, 11) is 0. The summed E-state index contributed by atoms with van der Waals surface area (Å²) in [6.45, 7) is 8.11. The van der Waals surface area contributed by atoms with E-state index in [1.165, 1.54) is 4.88 Å². The molecule has 1 aromatic rings. The Morgan fingerprint density at radius 2 is 2.18 bits per heavy atom. The van der Waals surface area contributed by atoms with Gasteiger partial charge in [0.05, 0.1) is 0 Å². The molecule has 0 aliphatic carbocycles. The highest BCUT2D eigenvalue weighted by atomic mass is 32.1. The van der Waals surface area contributed by atoms with E-state index in [0.29, 0.717) is 5.96 Å². The standard InChI is InChI=1S/C12H17N3OS/c1-6(2)13-12-14-10(11(16)15-12)9-5-7(3)17-8(9)4/h5-6,10H,1-4H3,(H2,13,14,15,16). The van der Waals surface area contributed by atoms with Crippen LogP contribution in [-0.2, 0) is 4.79 Å². The van der Waals surface area contributed by atoms with Gasteiger partial charge >= 0.3 is 0 Å². The fourth-order valence-corrected chi connectivity index (χ4v) is 2.84. The summed E-state index contributed by atoms with van der Waals surface area (Å²) in [6.07, 6.45) is 0. The third-order valence-electron chi connectivity index (χ3n) is 2.55. The van der Waals surface area contributed by atoms with E-state index in [1.807, 2.05) is 33.8 Å². The molecule has 92 valence electrons. The second-order valence-corrected chi connectivity index (χ2v) is 6.00. The van der Waals surface area contributed by atoms with E-state index < -0.39 is 0 Å². The van der Waals surface area contributed by atoms with Gasteiger partial charge in [-0.05, 0) is 39.3 Å². The zero-order chi connectivity index (χ0) is 12.6. The highest BCUT2D eigenvalue weighted by Gasteiger charge is 2.30. The van der Waals surface area contributed by atoms with Gasteiger partial charge < -0.3 is 5.32 Å². The number of aryl methyl sites for hydroxylation is 2. The fourth-order valence-electron chi connectivity index (χ4n) is 1.88. The molecule has 2 N–H and O–H groups in total. The monoisotopic (exact) mass is 251 g/mol. The van der Waals surface area contributed by atoms with Crippen molar-refractivity contribution in [2.75, 3.05) is 0 Å². The molecule has 1 unspecified atom stereocenters. The molecule has 0 saturated carbocycles. The lowest BCUT2D eigenvalue weighted by molar-refractivity contribution is -0.120. The Hall–Kier alpha value is -1.36. The quantitative estimate of drug-likeness (QED) is 0.843. The number of hydrogen-bond acceptors (Lipinski definition) is 4. The molecule has 1 amide bonds. The Morgan fingerprint density at radius 3 is 2.71 bits per heavy atom. The molecule has 1 aromatic heterocycles. The number of guanidine groups is 1. The molecule has 1 aliphatic heterocycles. The Labute approximate surface area is 105 Å². The number of nitrogens with zero attached hydrogens (tertiary/aromatic N) is 1. The zero-order valence-electron chi connectivity index (χ0n) is 10.5. The van der Waals surface area contributed by atoms with Gasteiger partial charge in [0.25, 0.3) is 5.91 Å². The second-order valence-electron chi connectivity index (χ2n) is 4.54. The number of hydrogen-bond donors (Lipinski definition) is 2. The molecule has 0 saturated heterocycles. The SMILES string of the molecule is Cc1cc(C2N=C(NC(C)C)NC2=O)c(C)s1. The normalized spacial score (nSPS) is 19.5. The molecular formula is C12H17N3OS. The summed E-state index contributed by atoms with van der Waals surface area (Å²) >= 11 is 1.70. The smallest absolute Gasteiger partial charge is 0.256 e. The molecule has 4 nitrogen and oxygen atoms in total. The van der Waals surface area contributed by atoms with E-state index >= 15 is 0 Å². The van der Waals surface area contributed by atoms with Gasteiger partial charge in [-0.15, -0.1) is 11.3 Å².